The second-order valence-electron chi connectivity index (χ2n) is 5.05. The molecule has 106 valence electrons. The highest BCUT2D eigenvalue weighted by Gasteiger charge is 2.29. The SMILES string of the molecule is O=Cc1cc(-c2ccc(Cl)cc2)cc(NC(=O)C2CC2)n1. The van der Waals surface area contributed by atoms with E-state index in [1.165, 1.54) is 0 Å². The fraction of sp³-hybridized carbons (Fsp3) is 0.188. The summed E-state index contributed by atoms with van der Waals surface area (Å²) in [6.07, 6.45) is 2.51. The topological polar surface area (TPSA) is 59.1 Å². The number of aldehydes is 1. The van der Waals surface area contributed by atoms with Crippen LogP contribution < -0.4 is 5.32 Å². The van der Waals surface area contributed by atoms with Crippen molar-refractivity contribution in [3.8, 4) is 11.1 Å². The maximum atomic E-state index is 11.8. The molecule has 1 aromatic heterocycles. The predicted octanol–water partition coefficient (Wildman–Crippen LogP) is 3.56. The summed E-state index contributed by atoms with van der Waals surface area (Å²) in [5, 5.41) is 3.41. The molecule has 0 radical (unpaired) electrons. The minimum absolute atomic E-state index is 0.0346. The molecule has 0 aliphatic heterocycles. The van der Waals surface area contributed by atoms with Crippen LogP contribution in [0.2, 0.25) is 5.02 Å². The van der Waals surface area contributed by atoms with Crippen LogP contribution in [-0.2, 0) is 4.79 Å². The second kappa shape index (κ2) is 5.66. The number of aromatic nitrogens is 1. The number of hydrogen-bond acceptors (Lipinski definition) is 3. The normalized spacial score (nSPS) is 13.8. The van der Waals surface area contributed by atoms with Gasteiger partial charge in [-0.05, 0) is 48.2 Å². The third-order valence-corrected chi connectivity index (χ3v) is 3.59. The van der Waals surface area contributed by atoms with Crippen LogP contribution in [0.5, 0.6) is 0 Å². The van der Waals surface area contributed by atoms with Crippen LogP contribution in [0.25, 0.3) is 11.1 Å². The summed E-state index contributed by atoms with van der Waals surface area (Å²) in [6, 6.07) is 10.7. The van der Waals surface area contributed by atoms with E-state index in [-0.39, 0.29) is 17.5 Å². The van der Waals surface area contributed by atoms with Gasteiger partial charge in [-0.25, -0.2) is 4.98 Å². The van der Waals surface area contributed by atoms with Crippen molar-refractivity contribution < 1.29 is 9.59 Å². The van der Waals surface area contributed by atoms with Gasteiger partial charge in [-0.1, -0.05) is 23.7 Å². The minimum atomic E-state index is -0.0346. The number of carbonyl (C=O) groups excluding carboxylic acids is 2. The quantitative estimate of drug-likeness (QED) is 0.878. The van der Waals surface area contributed by atoms with Crippen LogP contribution in [0.1, 0.15) is 23.3 Å². The molecule has 0 spiro atoms. The van der Waals surface area contributed by atoms with E-state index >= 15 is 0 Å². The summed E-state index contributed by atoms with van der Waals surface area (Å²) in [6.45, 7) is 0. The Bertz CT molecular complexity index is 694. The molecule has 0 unspecified atom stereocenters. The molecule has 1 aromatic carbocycles. The summed E-state index contributed by atoms with van der Waals surface area (Å²) >= 11 is 5.87. The Morgan fingerprint density at radius 3 is 2.52 bits per heavy atom. The van der Waals surface area contributed by atoms with E-state index in [4.69, 9.17) is 11.6 Å². The Balaban J connectivity index is 1.93. The lowest BCUT2D eigenvalue weighted by molar-refractivity contribution is -0.117. The monoisotopic (exact) mass is 300 g/mol. The van der Waals surface area contributed by atoms with Gasteiger partial charge < -0.3 is 5.32 Å². The first-order chi connectivity index (χ1) is 10.2. The van der Waals surface area contributed by atoms with Gasteiger partial charge in [0.15, 0.2) is 6.29 Å². The first-order valence-electron chi connectivity index (χ1n) is 6.70. The molecule has 21 heavy (non-hydrogen) atoms. The average Bonchev–Trinajstić information content (AvgIpc) is 3.32. The number of rotatable bonds is 4. The van der Waals surface area contributed by atoms with Crippen molar-refractivity contribution in [2.75, 3.05) is 5.32 Å². The summed E-state index contributed by atoms with van der Waals surface area (Å²) in [5.74, 6) is 0.458. The molecule has 1 fully saturated rings. The van der Waals surface area contributed by atoms with Gasteiger partial charge in [0.05, 0.1) is 0 Å². The van der Waals surface area contributed by atoms with Crippen LogP contribution >= 0.6 is 11.6 Å². The molecule has 0 saturated heterocycles. The molecular weight excluding hydrogens is 288 g/mol. The highest BCUT2D eigenvalue weighted by atomic mass is 35.5. The molecule has 1 heterocycles. The largest absolute Gasteiger partial charge is 0.310 e. The fourth-order valence-electron chi connectivity index (χ4n) is 2.06. The van der Waals surface area contributed by atoms with E-state index < -0.39 is 0 Å². The number of carbonyl (C=O) groups is 2. The summed E-state index contributed by atoms with van der Waals surface area (Å²) in [7, 11) is 0. The lowest BCUT2D eigenvalue weighted by atomic mass is 10.1. The smallest absolute Gasteiger partial charge is 0.228 e. The van der Waals surface area contributed by atoms with Crippen molar-refractivity contribution in [2.45, 2.75) is 12.8 Å². The standard InChI is InChI=1S/C16H13ClN2O2/c17-13-5-3-10(4-6-13)12-7-14(9-20)18-15(8-12)19-16(21)11-1-2-11/h3-9,11H,1-2H2,(H,18,19,21). The van der Waals surface area contributed by atoms with Crippen molar-refractivity contribution in [1.82, 2.24) is 4.98 Å². The number of nitrogens with one attached hydrogen (secondary N) is 1. The highest BCUT2D eigenvalue weighted by molar-refractivity contribution is 6.30. The van der Waals surface area contributed by atoms with Gasteiger partial charge in [0, 0.05) is 10.9 Å². The first-order valence-corrected chi connectivity index (χ1v) is 7.07. The third-order valence-electron chi connectivity index (χ3n) is 3.34. The number of hydrogen-bond donors (Lipinski definition) is 1. The van der Waals surface area contributed by atoms with E-state index in [0.29, 0.717) is 17.1 Å². The number of anilines is 1. The van der Waals surface area contributed by atoms with Crippen molar-refractivity contribution in [1.29, 1.82) is 0 Å². The average molecular weight is 301 g/mol. The Kier molecular flexibility index (Phi) is 3.71. The fourth-order valence-corrected chi connectivity index (χ4v) is 2.19. The van der Waals surface area contributed by atoms with Crippen LogP contribution in [0, 0.1) is 5.92 Å². The molecule has 4 nitrogen and oxygen atoms in total. The first kappa shape index (κ1) is 13.8. The minimum Gasteiger partial charge on any atom is -0.310 e. The molecule has 5 heteroatoms. The predicted molar refractivity (Wildman–Crippen MR) is 81.4 cm³/mol. The van der Waals surface area contributed by atoms with Gasteiger partial charge in [0.2, 0.25) is 5.91 Å². The molecule has 2 aromatic rings. The number of benzene rings is 1. The molecule has 1 aliphatic carbocycles. The number of halogens is 1. The summed E-state index contributed by atoms with van der Waals surface area (Å²) in [4.78, 5) is 27.0. The zero-order valence-electron chi connectivity index (χ0n) is 11.2. The second-order valence-corrected chi connectivity index (χ2v) is 5.49. The van der Waals surface area contributed by atoms with E-state index in [9.17, 15) is 9.59 Å². The van der Waals surface area contributed by atoms with Crippen LogP contribution in [0.4, 0.5) is 5.82 Å². The molecule has 0 atom stereocenters. The zero-order chi connectivity index (χ0) is 14.8. The van der Waals surface area contributed by atoms with Crippen LogP contribution in [0.3, 0.4) is 0 Å². The number of nitrogens with zero attached hydrogens (tertiary/aromatic N) is 1. The third kappa shape index (κ3) is 3.28. The Labute approximate surface area is 127 Å². The highest BCUT2D eigenvalue weighted by Crippen LogP contribution is 2.30. The van der Waals surface area contributed by atoms with Crippen molar-refractivity contribution in [2.24, 2.45) is 5.92 Å². The van der Waals surface area contributed by atoms with E-state index in [2.05, 4.69) is 10.3 Å². The van der Waals surface area contributed by atoms with E-state index in [1.54, 1.807) is 24.3 Å². The van der Waals surface area contributed by atoms with Gasteiger partial charge in [0.25, 0.3) is 0 Å². The molecular formula is C16H13ClN2O2. The molecule has 1 aliphatic rings. The van der Waals surface area contributed by atoms with E-state index in [1.807, 2.05) is 12.1 Å². The van der Waals surface area contributed by atoms with Gasteiger partial charge in [-0.2, -0.15) is 0 Å². The lowest BCUT2D eigenvalue weighted by Gasteiger charge is -2.08. The van der Waals surface area contributed by atoms with Crippen molar-refractivity contribution >= 4 is 29.6 Å². The number of amides is 1. The Morgan fingerprint density at radius 2 is 1.90 bits per heavy atom. The molecule has 0 bridgehead atoms. The lowest BCUT2D eigenvalue weighted by Crippen LogP contribution is -2.14. The van der Waals surface area contributed by atoms with Crippen LogP contribution in [-0.4, -0.2) is 17.2 Å². The summed E-state index contributed by atoms with van der Waals surface area (Å²) < 4.78 is 0. The maximum Gasteiger partial charge on any atom is 0.228 e. The maximum absolute atomic E-state index is 11.8. The zero-order valence-corrected chi connectivity index (χ0v) is 11.9. The van der Waals surface area contributed by atoms with Crippen molar-refractivity contribution in [3.05, 3.63) is 47.1 Å². The van der Waals surface area contributed by atoms with Gasteiger partial charge in [-0.3, -0.25) is 9.59 Å². The van der Waals surface area contributed by atoms with Gasteiger partial charge >= 0.3 is 0 Å². The summed E-state index contributed by atoms with van der Waals surface area (Å²) in [5.41, 5.74) is 2.01. The molecule has 1 amide bonds. The molecule has 1 N–H and O–H groups in total. The Morgan fingerprint density at radius 1 is 1.19 bits per heavy atom. The van der Waals surface area contributed by atoms with Crippen molar-refractivity contribution in [3.63, 3.8) is 0 Å². The van der Waals surface area contributed by atoms with Crippen LogP contribution in [0.15, 0.2) is 36.4 Å². The molecule has 3 rings (SSSR count). The van der Waals surface area contributed by atoms with Gasteiger partial charge in [0.1, 0.15) is 11.5 Å². The van der Waals surface area contributed by atoms with Gasteiger partial charge in [-0.15, -0.1) is 0 Å². The van der Waals surface area contributed by atoms with E-state index in [0.717, 1.165) is 24.0 Å². The number of pyridine rings is 1. The molecule has 1 saturated carbocycles. The Hall–Kier alpha value is -2.20.